The third-order valence-corrected chi connectivity index (χ3v) is 7.34. The number of pyridine rings is 1. The van der Waals surface area contributed by atoms with Gasteiger partial charge in [-0.15, -0.1) is 11.8 Å². The van der Waals surface area contributed by atoms with Gasteiger partial charge in [0.05, 0.1) is 12.7 Å². The number of carbonyl (C=O) groups is 2. The minimum absolute atomic E-state index is 0.180. The van der Waals surface area contributed by atoms with Gasteiger partial charge in [0.15, 0.2) is 0 Å². The van der Waals surface area contributed by atoms with E-state index >= 15 is 0 Å². The lowest BCUT2D eigenvalue weighted by atomic mass is 9.81. The number of hydrogen-bond acceptors (Lipinski definition) is 5. The number of nitrogens with zero attached hydrogens (tertiary/aromatic N) is 2. The highest BCUT2D eigenvalue weighted by molar-refractivity contribution is 7.99. The van der Waals surface area contributed by atoms with Crippen molar-refractivity contribution in [3.8, 4) is 5.75 Å². The highest BCUT2D eigenvalue weighted by Gasteiger charge is 2.49. The number of thioether (sulfide) groups is 1. The van der Waals surface area contributed by atoms with E-state index in [1.54, 1.807) is 42.1 Å². The van der Waals surface area contributed by atoms with Gasteiger partial charge in [-0.1, -0.05) is 42.5 Å². The van der Waals surface area contributed by atoms with Crippen LogP contribution in [0.2, 0.25) is 0 Å². The SMILES string of the molecule is COc1ccc(CN2C(=O)c3cccnc3SCCCC2(C(=O)NC(C)(C)C)c2ccccc2)cc1. The van der Waals surface area contributed by atoms with Gasteiger partial charge in [-0.2, -0.15) is 0 Å². The molecule has 6 nitrogen and oxygen atoms in total. The summed E-state index contributed by atoms with van der Waals surface area (Å²) in [6.07, 6.45) is 2.93. The van der Waals surface area contributed by atoms with Gasteiger partial charge in [0.2, 0.25) is 0 Å². The van der Waals surface area contributed by atoms with E-state index < -0.39 is 11.1 Å². The summed E-state index contributed by atoms with van der Waals surface area (Å²) >= 11 is 1.57. The van der Waals surface area contributed by atoms with Gasteiger partial charge in [0.25, 0.3) is 11.8 Å². The van der Waals surface area contributed by atoms with Crippen LogP contribution in [0.15, 0.2) is 78.0 Å². The van der Waals surface area contributed by atoms with Crippen molar-refractivity contribution in [2.75, 3.05) is 12.9 Å². The highest BCUT2D eigenvalue weighted by Crippen LogP contribution is 2.40. The molecule has 0 aliphatic carbocycles. The summed E-state index contributed by atoms with van der Waals surface area (Å²) in [6, 6.07) is 20.9. The molecule has 4 rings (SSSR count). The number of amides is 2. The molecule has 1 aliphatic rings. The normalized spacial score (nSPS) is 18.4. The maximum absolute atomic E-state index is 14.4. The van der Waals surface area contributed by atoms with Crippen molar-refractivity contribution in [1.29, 1.82) is 0 Å². The molecule has 0 bridgehead atoms. The first-order valence-corrected chi connectivity index (χ1v) is 13.1. The van der Waals surface area contributed by atoms with Crippen molar-refractivity contribution < 1.29 is 14.3 Å². The molecule has 188 valence electrons. The summed E-state index contributed by atoms with van der Waals surface area (Å²) in [7, 11) is 1.62. The largest absolute Gasteiger partial charge is 0.497 e. The fourth-order valence-electron chi connectivity index (χ4n) is 4.56. The van der Waals surface area contributed by atoms with Crippen molar-refractivity contribution in [3.63, 3.8) is 0 Å². The Balaban J connectivity index is 1.94. The van der Waals surface area contributed by atoms with Crippen LogP contribution < -0.4 is 10.1 Å². The number of hydrogen-bond donors (Lipinski definition) is 1. The molecule has 36 heavy (non-hydrogen) atoms. The molecule has 1 aliphatic heterocycles. The first kappa shape index (κ1) is 25.8. The topological polar surface area (TPSA) is 71.5 Å². The fraction of sp³-hybridized carbons (Fsp3) is 0.345. The minimum Gasteiger partial charge on any atom is -0.497 e. The van der Waals surface area contributed by atoms with Crippen LogP contribution in [0, 0.1) is 0 Å². The molecule has 2 amide bonds. The predicted octanol–water partition coefficient (Wildman–Crippen LogP) is 5.43. The van der Waals surface area contributed by atoms with Crippen molar-refractivity contribution in [2.45, 2.75) is 56.3 Å². The summed E-state index contributed by atoms with van der Waals surface area (Å²) in [5.74, 6) is 1.10. The minimum atomic E-state index is -1.20. The summed E-state index contributed by atoms with van der Waals surface area (Å²) in [5.41, 5.74) is 0.544. The number of carbonyl (C=O) groups excluding carboxylic acids is 2. The van der Waals surface area contributed by atoms with Crippen molar-refractivity contribution in [1.82, 2.24) is 15.2 Å². The van der Waals surface area contributed by atoms with E-state index in [9.17, 15) is 9.59 Å². The summed E-state index contributed by atoms with van der Waals surface area (Å²) in [6.45, 7) is 6.14. The van der Waals surface area contributed by atoms with Crippen LogP contribution >= 0.6 is 11.8 Å². The Hall–Kier alpha value is -3.32. The zero-order chi connectivity index (χ0) is 25.8. The van der Waals surface area contributed by atoms with Gasteiger partial charge in [-0.05, 0) is 74.8 Å². The van der Waals surface area contributed by atoms with Gasteiger partial charge in [-0.25, -0.2) is 4.98 Å². The van der Waals surface area contributed by atoms with Crippen LogP contribution in [0.4, 0.5) is 0 Å². The molecule has 0 spiro atoms. The molecule has 3 aromatic rings. The number of ether oxygens (including phenoxy) is 1. The zero-order valence-corrected chi connectivity index (χ0v) is 22.1. The van der Waals surface area contributed by atoms with Crippen LogP contribution in [0.25, 0.3) is 0 Å². The van der Waals surface area contributed by atoms with E-state index in [1.807, 2.05) is 75.4 Å². The molecule has 2 aromatic carbocycles. The molecule has 7 heteroatoms. The van der Waals surface area contributed by atoms with Gasteiger partial charge < -0.3 is 15.0 Å². The van der Waals surface area contributed by atoms with Crippen molar-refractivity contribution >= 4 is 23.6 Å². The predicted molar refractivity (Wildman–Crippen MR) is 143 cm³/mol. The summed E-state index contributed by atoms with van der Waals surface area (Å²) in [4.78, 5) is 35.0. The molecule has 1 unspecified atom stereocenters. The van der Waals surface area contributed by atoms with E-state index in [4.69, 9.17) is 4.74 Å². The van der Waals surface area contributed by atoms with E-state index in [1.165, 1.54) is 0 Å². The lowest BCUT2D eigenvalue weighted by Gasteiger charge is -2.44. The molecular weight excluding hydrogens is 470 g/mol. The monoisotopic (exact) mass is 503 g/mol. The van der Waals surface area contributed by atoms with E-state index in [0.29, 0.717) is 17.0 Å². The van der Waals surface area contributed by atoms with Crippen LogP contribution in [0.3, 0.4) is 0 Å². The quantitative estimate of drug-likeness (QED) is 0.503. The van der Waals surface area contributed by atoms with Gasteiger partial charge in [-0.3, -0.25) is 9.59 Å². The number of nitrogens with one attached hydrogen (secondary N) is 1. The third kappa shape index (κ3) is 5.41. The van der Waals surface area contributed by atoms with E-state index in [2.05, 4.69) is 10.3 Å². The Morgan fingerprint density at radius 3 is 2.47 bits per heavy atom. The number of rotatable bonds is 5. The Kier molecular flexibility index (Phi) is 7.69. The average Bonchev–Trinajstić information content (AvgIpc) is 2.92. The van der Waals surface area contributed by atoms with Crippen molar-refractivity contribution in [3.05, 3.63) is 89.6 Å². The second kappa shape index (κ2) is 10.7. The molecule has 1 aromatic heterocycles. The molecule has 1 N–H and O–H groups in total. The number of fused-ring (bicyclic) bond motifs is 1. The Morgan fingerprint density at radius 2 is 1.81 bits per heavy atom. The molecule has 0 fully saturated rings. The number of benzene rings is 2. The second-order valence-corrected chi connectivity index (χ2v) is 11.1. The first-order valence-electron chi connectivity index (χ1n) is 12.2. The van der Waals surface area contributed by atoms with Crippen LogP contribution in [0.5, 0.6) is 5.75 Å². The van der Waals surface area contributed by atoms with E-state index in [-0.39, 0.29) is 18.4 Å². The van der Waals surface area contributed by atoms with Gasteiger partial charge in [0.1, 0.15) is 16.3 Å². The molecular formula is C29H33N3O3S. The summed E-state index contributed by atoms with van der Waals surface area (Å²) in [5, 5.41) is 3.90. The Bertz CT molecular complexity index is 1210. The molecule has 2 heterocycles. The summed E-state index contributed by atoms with van der Waals surface area (Å²) < 4.78 is 5.33. The first-order chi connectivity index (χ1) is 17.2. The average molecular weight is 504 g/mol. The number of methoxy groups -OCH3 is 1. The highest BCUT2D eigenvalue weighted by atomic mass is 32.2. The lowest BCUT2D eigenvalue weighted by molar-refractivity contribution is -0.135. The van der Waals surface area contributed by atoms with Gasteiger partial charge in [0, 0.05) is 18.3 Å². The Labute approximate surface area is 217 Å². The smallest absolute Gasteiger partial charge is 0.258 e. The van der Waals surface area contributed by atoms with E-state index in [0.717, 1.165) is 29.1 Å². The van der Waals surface area contributed by atoms with Crippen molar-refractivity contribution in [2.24, 2.45) is 0 Å². The zero-order valence-electron chi connectivity index (χ0n) is 21.3. The number of aromatic nitrogens is 1. The molecule has 1 atom stereocenters. The standard InChI is InChI=1S/C29H33N3O3S/c1-28(2,3)31-27(34)29(22-10-6-5-7-11-22)17-9-19-36-25-24(12-8-18-30-25)26(33)32(29)20-21-13-15-23(35-4)16-14-21/h5-8,10-16,18H,9,17,19-20H2,1-4H3,(H,31,34). The fourth-order valence-corrected chi connectivity index (χ4v) is 5.49. The van der Waals surface area contributed by atoms with Crippen LogP contribution in [0.1, 0.15) is 55.1 Å². The molecule has 0 radical (unpaired) electrons. The molecule has 0 saturated carbocycles. The third-order valence-electron chi connectivity index (χ3n) is 6.24. The molecule has 0 saturated heterocycles. The maximum Gasteiger partial charge on any atom is 0.258 e. The lowest BCUT2D eigenvalue weighted by Crippen LogP contribution is -2.60. The van der Waals surface area contributed by atoms with Crippen LogP contribution in [-0.2, 0) is 16.9 Å². The maximum atomic E-state index is 14.4. The second-order valence-electron chi connectivity index (χ2n) is 9.98. The van der Waals surface area contributed by atoms with Crippen LogP contribution in [-0.4, -0.2) is 40.1 Å². The van der Waals surface area contributed by atoms with Gasteiger partial charge >= 0.3 is 0 Å². The Morgan fingerprint density at radius 1 is 1.08 bits per heavy atom.